The van der Waals surface area contributed by atoms with Gasteiger partial charge in [-0.05, 0) is 11.5 Å². The maximum Gasteiger partial charge on any atom is 0.193 e. The van der Waals surface area contributed by atoms with Crippen LogP contribution in [0.25, 0.3) is 0 Å². The number of hydrogen-bond acceptors (Lipinski definition) is 3. The summed E-state index contributed by atoms with van der Waals surface area (Å²) < 4.78 is 0. The van der Waals surface area contributed by atoms with Crippen molar-refractivity contribution in [1.29, 1.82) is 0 Å². The standard InChI is InChI=1S/C20H23NOS/c1-16(15-21-11-13-23-14-12-21)18-9-5-6-10-19(18)20(22)17-7-3-2-4-8-17/h2-10,16H,11-15H2,1H3. The van der Waals surface area contributed by atoms with Gasteiger partial charge in [0.2, 0.25) is 0 Å². The van der Waals surface area contributed by atoms with Crippen LogP contribution >= 0.6 is 11.8 Å². The van der Waals surface area contributed by atoms with E-state index in [0.29, 0.717) is 5.92 Å². The van der Waals surface area contributed by atoms with Crippen LogP contribution < -0.4 is 0 Å². The molecule has 1 unspecified atom stereocenters. The molecular formula is C20H23NOS. The van der Waals surface area contributed by atoms with E-state index < -0.39 is 0 Å². The van der Waals surface area contributed by atoms with E-state index in [1.54, 1.807) is 0 Å². The minimum atomic E-state index is 0.127. The maximum absolute atomic E-state index is 12.8. The average molecular weight is 325 g/mol. The van der Waals surface area contributed by atoms with E-state index in [9.17, 15) is 4.79 Å². The zero-order chi connectivity index (χ0) is 16.1. The van der Waals surface area contributed by atoms with Crippen molar-refractivity contribution in [3.63, 3.8) is 0 Å². The molecule has 0 spiro atoms. The van der Waals surface area contributed by atoms with E-state index in [-0.39, 0.29) is 5.78 Å². The maximum atomic E-state index is 12.8. The van der Waals surface area contributed by atoms with Crippen molar-refractivity contribution in [2.75, 3.05) is 31.1 Å². The minimum absolute atomic E-state index is 0.127. The third-order valence-electron chi connectivity index (χ3n) is 4.41. The van der Waals surface area contributed by atoms with Crippen LogP contribution in [0.3, 0.4) is 0 Å². The van der Waals surface area contributed by atoms with Gasteiger partial charge in [0, 0.05) is 42.3 Å². The molecule has 2 nitrogen and oxygen atoms in total. The van der Waals surface area contributed by atoms with Gasteiger partial charge in [-0.1, -0.05) is 61.5 Å². The smallest absolute Gasteiger partial charge is 0.193 e. The molecule has 1 fully saturated rings. The lowest BCUT2D eigenvalue weighted by Gasteiger charge is -2.29. The van der Waals surface area contributed by atoms with Crippen molar-refractivity contribution in [2.24, 2.45) is 0 Å². The average Bonchev–Trinajstić information content (AvgIpc) is 2.62. The number of carbonyl (C=O) groups is 1. The van der Waals surface area contributed by atoms with Gasteiger partial charge in [0.05, 0.1) is 0 Å². The highest BCUT2D eigenvalue weighted by Crippen LogP contribution is 2.24. The first-order valence-corrected chi connectivity index (χ1v) is 9.40. The molecule has 1 aliphatic heterocycles. The molecule has 1 aliphatic rings. The normalized spacial score (nSPS) is 16.9. The van der Waals surface area contributed by atoms with Crippen LogP contribution in [0.4, 0.5) is 0 Å². The fraction of sp³-hybridized carbons (Fsp3) is 0.350. The van der Waals surface area contributed by atoms with E-state index >= 15 is 0 Å². The molecule has 0 bridgehead atoms. The predicted molar refractivity (Wildman–Crippen MR) is 98.5 cm³/mol. The van der Waals surface area contributed by atoms with Crippen LogP contribution in [0.15, 0.2) is 54.6 Å². The summed E-state index contributed by atoms with van der Waals surface area (Å²) in [5.74, 6) is 2.93. The molecule has 2 aromatic carbocycles. The molecular weight excluding hydrogens is 302 g/mol. The summed E-state index contributed by atoms with van der Waals surface area (Å²) in [6.07, 6.45) is 0. The second-order valence-corrected chi connectivity index (χ2v) is 7.32. The summed E-state index contributed by atoms with van der Waals surface area (Å²) in [5.41, 5.74) is 2.78. The Labute approximate surface area is 142 Å². The summed E-state index contributed by atoms with van der Waals surface area (Å²) in [5, 5.41) is 0. The number of carbonyl (C=O) groups excluding carboxylic acids is 1. The number of rotatable bonds is 5. The molecule has 2 aromatic rings. The topological polar surface area (TPSA) is 20.3 Å². The van der Waals surface area contributed by atoms with Gasteiger partial charge in [0.15, 0.2) is 5.78 Å². The zero-order valence-corrected chi connectivity index (χ0v) is 14.4. The Morgan fingerprint density at radius 3 is 2.43 bits per heavy atom. The van der Waals surface area contributed by atoms with Gasteiger partial charge in [-0.2, -0.15) is 11.8 Å². The molecule has 3 heteroatoms. The fourth-order valence-electron chi connectivity index (χ4n) is 3.15. The van der Waals surface area contributed by atoms with Crippen molar-refractivity contribution < 1.29 is 4.79 Å². The minimum Gasteiger partial charge on any atom is -0.301 e. The molecule has 1 atom stereocenters. The SMILES string of the molecule is CC(CN1CCSCC1)c1ccccc1C(=O)c1ccccc1. The highest BCUT2D eigenvalue weighted by atomic mass is 32.2. The number of benzene rings is 2. The summed E-state index contributed by atoms with van der Waals surface area (Å²) in [6.45, 7) is 5.58. The molecule has 1 heterocycles. The molecule has 0 saturated carbocycles. The highest BCUT2D eigenvalue weighted by Gasteiger charge is 2.20. The summed E-state index contributed by atoms with van der Waals surface area (Å²) in [6, 6.07) is 17.7. The second kappa shape index (κ2) is 7.80. The first kappa shape index (κ1) is 16.3. The molecule has 0 radical (unpaired) electrons. The van der Waals surface area contributed by atoms with Crippen LogP contribution in [0.2, 0.25) is 0 Å². The Kier molecular flexibility index (Phi) is 5.52. The van der Waals surface area contributed by atoms with Gasteiger partial charge in [-0.15, -0.1) is 0 Å². The van der Waals surface area contributed by atoms with Gasteiger partial charge in [0.25, 0.3) is 0 Å². The molecule has 0 aromatic heterocycles. The molecule has 0 N–H and O–H groups in total. The summed E-state index contributed by atoms with van der Waals surface area (Å²) >= 11 is 2.03. The Hall–Kier alpha value is -1.58. The van der Waals surface area contributed by atoms with Gasteiger partial charge in [-0.3, -0.25) is 4.79 Å². The van der Waals surface area contributed by atoms with E-state index in [4.69, 9.17) is 0 Å². The molecule has 3 rings (SSSR count). The van der Waals surface area contributed by atoms with Crippen molar-refractivity contribution in [1.82, 2.24) is 4.90 Å². The lowest BCUT2D eigenvalue weighted by Crippen LogP contribution is -2.35. The first-order chi connectivity index (χ1) is 11.3. The van der Waals surface area contributed by atoms with Crippen LogP contribution in [0.1, 0.15) is 34.3 Å². The van der Waals surface area contributed by atoms with Crippen LogP contribution in [0.5, 0.6) is 0 Å². The number of ketones is 1. The van der Waals surface area contributed by atoms with Crippen molar-refractivity contribution in [2.45, 2.75) is 12.8 Å². The number of thioether (sulfide) groups is 1. The fourth-order valence-corrected chi connectivity index (χ4v) is 4.13. The zero-order valence-electron chi connectivity index (χ0n) is 13.6. The monoisotopic (exact) mass is 325 g/mol. The summed E-state index contributed by atoms with van der Waals surface area (Å²) in [7, 11) is 0. The molecule has 23 heavy (non-hydrogen) atoms. The third-order valence-corrected chi connectivity index (χ3v) is 5.35. The second-order valence-electron chi connectivity index (χ2n) is 6.10. The highest BCUT2D eigenvalue weighted by molar-refractivity contribution is 7.99. The van der Waals surface area contributed by atoms with E-state index in [0.717, 1.165) is 30.8 Å². The Bertz CT molecular complexity index is 650. The third kappa shape index (κ3) is 4.04. The van der Waals surface area contributed by atoms with Gasteiger partial charge < -0.3 is 4.90 Å². The molecule has 0 amide bonds. The van der Waals surface area contributed by atoms with Gasteiger partial charge in [-0.25, -0.2) is 0 Å². The number of hydrogen-bond donors (Lipinski definition) is 0. The van der Waals surface area contributed by atoms with Crippen molar-refractivity contribution in [3.05, 3.63) is 71.3 Å². The first-order valence-electron chi connectivity index (χ1n) is 8.24. The predicted octanol–water partition coefficient (Wildman–Crippen LogP) is 4.07. The van der Waals surface area contributed by atoms with Crippen molar-refractivity contribution in [3.8, 4) is 0 Å². The Morgan fingerprint density at radius 2 is 1.70 bits per heavy atom. The van der Waals surface area contributed by atoms with Gasteiger partial charge >= 0.3 is 0 Å². The van der Waals surface area contributed by atoms with Crippen LogP contribution in [-0.4, -0.2) is 41.8 Å². The largest absolute Gasteiger partial charge is 0.301 e. The summed E-state index contributed by atoms with van der Waals surface area (Å²) in [4.78, 5) is 15.4. The van der Waals surface area contributed by atoms with E-state index in [2.05, 4.69) is 17.9 Å². The quantitative estimate of drug-likeness (QED) is 0.773. The number of nitrogens with zero attached hydrogens (tertiary/aromatic N) is 1. The van der Waals surface area contributed by atoms with E-state index in [1.807, 2.05) is 60.3 Å². The molecule has 120 valence electrons. The molecule has 1 saturated heterocycles. The lowest BCUT2D eigenvalue weighted by atomic mass is 9.91. The van der Waals surface area contributed by atoms with Crippen LogP contribution in [-0.2, 0) is 0 Å². The Morgan fingerprint density at radius 1 is 1.04 bits per heavy atom. The van der Waals surface area contributed by atoms with Gasteiger partial charge in [0.1, 0.15) is 0 Å². The van der Waals surface area contributed by atoms with Crippen LogP contribution in [0, 0.1) is 0 Å². The van der Waals surface area contributed by atoms with E-state index in [1.165, 1.54) is 17.1 Å². The molecule has 0 aliphatic carbocycles. The van der Waals surface area contributed by atoms with Crippen molar-refractivity contribution >= 4 is 17.5 Å². The lowest BCUT2D eigenvalue weighted by molar-refractivity contribution is 0.103. The Balaban J connectivity index is 1.81.